The van der Waals surface area contributed by atoms with Crippen molar-refractivity contribution in [2.75, 3.05) is 26.4 Å². The zero-order valence-corrected chi connectivity index (χ0v) is 40.4. The summed E-state index contributed by atoms with van der Waals surface area (Å²) in [6.45, 7) is 7.23. The molecule has 28 nitrogen and oxygen atoms in total. The van der Waals surface area contributed by atoms with E-state index in [1.807, 2.05) is 27.7 Å². The van der Waals surface area contributed by atoms with E-state index < -0.39 is 83.1 Å². The number of aliphatic hydroxyl groups is 4. The number of hydrogen-bond acceptors (Lipinski definition) is 16. The monoisotopic (exact) mass is 1140 g/mol. The Labute approximate surface area is 461 Å². The normalized spacial score (nSPS) is 17.3. The minimum absolute atomic E-state index is 0. The second-order valence-corrected chi connectivity index (χ2v) is 28.0. The van der Waals surface area contributed by atoms with Crippen LogP contribution in [0.5, 0.6) is 0 Å². The van der Waals surface area contributed by atoms with E-state index in [2.05, 4.69) is 18.1 Å². The summed E-state index contributed by atoms with van der Waals surface area (Å²) >= 11 is 0. The van der Waals surface area contributed by atoms with Gasteiger partial charge in [-0.1, -0.05) is 79.1 Å². The van der Waals surface area contributed by atoms with Crippen molar-refractivity contribution in [2.24, 2.45) is 0 Å². The van der Waals surface area contributed by atoms with Crippen LogP contribution in [0.4, 0.5) is 0 Å². The third-order valence-corrected chi connectivity index (χ3v) is 20.5. The second-order valence-electron chi connectivity index (χ2n) is 12.2. The first-order chi connectivity index (χ1) is 26.9. The summed E-state index contributed by atoms with van der Waals surface area (Å²) in [5.74, 6) is 0. The zero-order valence-electron chi connectivity index (χ0n) is 33.3. The first-order valence-electron chi connectivity index (χ1n) is 17.7. The van der Waals surface area contributed by atoms with E-state index in [-0.39, 0.29) is 145 Å². The molecule has 0 rings (SSSR count). The molecule has 0 amide bonds. The Balaban J connectivity index is -0.000000107. The number of hydrogen-bond donors (Lipinski definition) is 16. The van der Waals surface area contributed by atoms with E-state index in [0.717, 1.165) is 51.4 Å². The standard InChI is InChI=1S/4C6H16O7P2.4Na.4H/c4*1-2-3-4-5-13-15(11,12)6(7)14(8,9)10;;;;;;;;/h4*6-7H,2-5H2,1H3,(H,11,12)(H2,8,9,10);;;;;;;;. The van der Waals surface area contributed by atoms with Crippen LogP contribution in [0.2, 0.25) is 0 Å². The van der Waals surface area contributed by atoms with Gasteiger partial charge < -0.3 is 97.2 Å². The maximum absolute atomic E-state index is 11.1. The Bertz CT molecular complexity index is 1340. The molecule has 0 aliphatic carbocycles. The fraction of sp³-hybridized carbons (Fsp3) is 1.00. The molecule has 0 saturated heterocycles. The van der Waals surface area contributed by atoms with E-state index in [1.54, 1.807) is 0 Å². The third-order valence-electron chi connectivity index (χ3n) is 6.47. The van der Waals surface area contributed by atoms with Gasteiger partial charge in [-0.3, -0.25) is 36.5 Å². The van der Waals surface area contributed by atoms with Crippen LogP contribution in [0, 0.1) is 0 Å². The van der Waals surface area contributed by atoms with Crippen LogP contribution in [-0.4, -0.2) is 246 Å². The Morgan fingerprint density at radius 3 is 0.516 bits per heavy atom. The van der Waals surface area contributed by atoms with Crippen molar-refractivity contribution in [3.63, 3.8) is 0 Å². The predicted molar refractivity (Wildman–Crippen MR) is 242 cm³/mol. The summed E-state index contributed by atoms with van der Waals surface area (Å²) in [6.07, 6.45) is 8.56. The van der Waals surface area contributed by atoms with Gasteiger partial charge in [0.15, 0.2) is 0 Å². The van der Waals surface area contributed by atoms with E-state index in [1.165, 1.54) is 0 Å². The van der Waals surface area contributed by atoms with Gasteiger partial charge in [0.05, 0.1) is 26.4 Å². The van der Waals surface area contributed by atoms with Gasteiger partial charge in [0.1, 0.15) is 0 Å². The van der Waals surface area contributed by atoms with E-state index >= 15 is 0 Å². The van der Waals surface area contributed by atoms with Gasteiger partial charge in [0.2, 0.25) is 0 Å². The van der Waals surface area contributed by atoms with Gasteiger partial charge in [0.25, 0.3) is 22.3 Å². The fourth-order valence-electron chi connectivity index (χ4n) is 3.22. The van der Waals surface area contributed by atoms with Crippen molar-refractivity contribution in [1.29, 1.82) is 0 Å². The molecule has 0 aliphatic rings. The van der Waals surface area contributed by atoms with Gasteiger partial charge >= 0.3 is 179 Å². The molecule has 0 aromatic carbocycles. The van der Waals surface area contributed by atoms with Crippen molar-refractivity contribution in [1.82, 2.24) is 0 Å². The Morgan fingerprint density at radius 2 is 0.422 bits per heavy atom. The molecule has 0 heterocycles. The van der Waals surface area contributed by atoms with Crippen LogP contribution in [0.15, 0.2) is 0 Å². The van der Waals surface area contributed by atoms with Crippen molar-refractivity contribution >= 4 is 179 Å². The number of aliphatic hydroxyl groups excluding tert-OH is 4. The molecule has 0 spiro atoms. The molecular formula is C24H68Na4O28P8. The molecule has 8 unspecified atom stereocenters. The maximum atomic E-state index is 11.1. The average molecular weight is 1140 g/mol. The summed E-state index contributed by atoms with van der Waals surface area (Å²) in [5, 5.41) is 35.5. The molecule has 16 N–H and O–H groups in total. The molecular weight excluding hydrogens is 1080 g/mol. The fourth-order valence-corrected chi connectivity index (χ4v) is 12.2. The van der Waals surface area contributed by atoms with E-state index in [9.17, 15) is 36.5 Å². The quantitative estimate of drug-likeness (QED) is 0.0292. The van der Waals surface area contributed by atoms with Crippen LogP contribution in [-0.2, 0) is 54.6 Å². The molecule has 0 fully saturated rings. The average Bonchev–Trinajstić information content (AvgIpc) is 3.10. The topological polar surface area (TPSA) is 497 Å². The predicted octanol–water partition coefficient (Wildman–Crippen LogP) is 0.735. The molecule has 0 radical (unpaired) electrons. The molecule has 0 saturated carbocycles. The summed E-state index contributed by atoms with van der Waals surface area (Å²) < 4.78 is 104. The summed E-state index contributed by atoms with van der Waals surface area (Å²) in [5.41, 5.74) is -10.6. The second kappa shape index (κ2) is 42.3. The molecule has 8 atom stereocenters. The van der Waals surface area contributed by atoms with Crippen molar-refractivity contribution in [3.05, 3.63) is 0 Å². The van der Waals surface area contributed by atoms with Crippen LogP contribution in [0.3, 0.4) is 0 Å². The van der Waals surface area contributed by atoms with Crippen molar-refractivity contribution in [3.8, 4) is 0 Å². The number of rotatable bonds is 28. The van der Waals surface area contributed by atoms with Gasteiger partial charge in [-0.2, -0.15) is 0 Å². The first kappa shape index (κ1) is 85.8. The molecule has 40 heteroatoms. The zero-order chi connectivity index (χ0) is 48.5. The Kier molecular flexibility index (Phi) is 56.7. The van der Waals surface area contributed by atoms with Crippen LogP contribution in [0.1, 0.15) is 105 Å². The van der Waals surface area contributed by atoms with Gasteiger partial charge in [-0.15, -0.1) is 0 Å². The summed E-state index contributed by atoms with van der Waals surface area (Å²) in [6, 6.07) is 0. The van der Waals surface area contributed by atoms with Crippen molar-refractivity contribution < 1.29 is 134 Å². The summed E-state index contributed by atoms with van der Waals surface area (Å²) in [4.78, 5) is 104. The number of unbranched alkanes of at least 4 members (excludes halogenated alkanes) is 8. The van der Waals surface area contributed by atoms with E-state index in [0.29, 0.717) is 25.7 Å². The van der Waals surface area contributed by atoms with Crippen LogP contribution in [0.25, 0.3) is 0 Å². The molecule has 0 aliphatic heterocycles. The van der Waals surface area contributed by atoms with Crippen molar-refractivity contribution in [2.45, 2.75) is 127 Å². The molecule has 376 valence electrons. The Hall–Kier alpha value is 5.04. The molecule has 0 bridgehead atoms. The van der Waals surface area contributed by atoms with Gasteiger partial charge in [0, 0.05) is 0 Å². The van der Waals surface area contributed by atoms with Crippen LogP contribution < -0.4 is 0 Å². The SMILES string of the molecule is CCCCCOP(=O)(O)C(O)P(=O)(O)O.CCCCCOP(=O)(O)C(O)P(=O)(O)O.CCCCCOP(=O)(O)C(O)P(=O)(O)O.CCCCCOP(=O)(O)C(O)P(=O)(O)O.[NaH].[NaH].[NaH].[NaH]. The third kappa shape index (κ3) is 44.5. The first-order valence-corrected chi connectivity index (χ1v) is 31.0. The van der Waals surface area contributed by atoms with Gasteiger partial charge in [-0.05, 0) is 25.7 Å². The minimum atomic E-state index is -5.02. The molecule has 0 aromatic heterocycles. The summed E-state index contributed by atoms with van der Waals surface area (Å²) in [7, 11) is -38.7. The Morgan fingerprint density at radius 1 is 0.297 bits per heavy atom. The van der Waals surface area contributed by atoms with Crippen LogP contribution >= 0.6 is 60.8 Å². The molecule has 64 heavy (non-hydrogen) atoms. The van der Waals surface area contributed by atoms with Gasteiger partial charge in [-0.25, -0.2) is 0 Å². The molecule has 0 aromatic rings. The van der Waals surface area contributed by atoms with E-state index in [4.69, 9.17) is 79.1 Å².